The van der Waals surface area contributed by atoms with Crippen molar-refractivity contribution in [3.63, 3.8) is 0 Å². The maximum atomic E-state index is 11.6. The minimum atomic E-state index is -1.32. The largest absolute Gasteiger partial charge is 0.488 e. The number of aliphatic carboxylic acids is 1. The standard InChI is InChI=1S/C14H18N2O6/c1-14(2,3)22-13(19)15-10(12(17)18)8-21-11-7-5-4-6-9(11)16-20/h4-7,10H,8H2,1-3H3,(H,15,19)(H,17,18). The highest BCUT2D eigenvalue weighted by molar-refractivity contribution is 5.80. The van der Waals surface area contributed by atoms with Gasteiger partial charge in [-0.15, -0.1) is 4.91 Å². The van der Waals surface area contributed by atoms with Crippen molar-refractivity contribution in [2.75, 3.05) is 6.61 Å². The zero-order valence-corrected chi connectivity index (χ0v) is 12.5. The summed E-state index contributed by atoms with van der Waals surface area (Å²) in [5.74, 6) is -1.16. The molecule has 8 heteroatoms. The molecule has 0 saturated carbocycles. The van der Waals surface area contributed by atoms with Crippen LogP contribution in [-0.4, -0.2) is 35.4 Å². The van der Waals surface area contributed by atoms with Gasteiger partial charge in [-0.25, -0.2) is 9.59 Å². The fourth-order valence-corrected chi connectivity index (χ4v) is 1.45. The fraction of sp³-hybridized carbons (Fsp3) is 0.429. The number of hydrogen-bond donors (Lipinski definition) is 2. The molecule has 2 N–H and O–H groups in total. The van der Waals surface area contributed by atoms with E-state index in [1.165, 1.54) is 12.1 Å². The molecule has 1 unspecified atom stereocenters. The topological polar surface area (TPSA) is 114 Å². The van der Waals surface area contributed by atoms with Crippen molar-refractivity contribution in [3.05, 3.63) is 29.2 Å². The lowest BCUT2D eigenvalue weighted by Crippen LogP contribution is -2.46. The molecule has 0 bridgehead atoms. The van der Waals surface area contributed by atoms with E-state index < -0.39 is 23.7 Å². The summed E-state index contributed by atoms with van der Waals surface area (Å²) in [4.78, 5) is 33.3. The average molecular weight is 310 g/mol. The molecular weight excluding hydrogens is 292 g/mol. The molecule has 0 aromatic heterocycles. The van der Waals surface area contributed by atoms with E-state index in [0.29, 0.717) is 0 Å². The lowest BCUT2D eigenvalue weighted by molar-refractivity contribution is -0.140. The van der Waals surface area contributed by atoms with Crippen LogP contribution in [0.1, 0.15) is 20.8 Å². The van der Waals surface area contributed by atoms with Gasteiger partial charge in [0.2, 0.25) is 0 Å². The van der Waals surface area contributed by atoms with Crippen LogP contribution in [0.4, 0.5) is 10.5 Å². The first kappa shape index (κ1) is 17.4. The van der Waals surface area contributed by atoms with Gasteiger partial charge in [-0.05, 0) is 38.1 Å². The number of carbonyl (C=O) groups excluding carboxylic acids is 1. The van der Waals surface area contributed by atoms with Crippen LogP contribution in [0.3, 0.4) is 0 Å². The van der Waals surface area contributed by atoms with E-state index in [9.17, 15) is 14.5 Å². The van der Waals surface area contributed by atoms with Gasteiger partial charge in [-0.3, -0.25) is 0 Å². The van der Waals surface area contributed by atoms with E-state index in [1.54, 1.807) is 32.9 Å². The Balaban J connectivity index is 2.67. The average Bonchev–Trinajstić information content (AvgIpc) is 2.41. The van der Waals surface area contributed by atoms with Crippen LogP contribution in [0, 0.1) is 4.91 Å². The SMILES string of the molecule is CC(C)(C)OC(=O)NC(COc1ccccc1N=O)C(=O)O. The number of ether oxygens (including phenoxy) is 2. The molecule has 22 heavy (non-hydrogen) atoms. The van der Waals surface area contributed by atoms with Crippen molar-refractivity contribution in [1.29, 1.82) is 0 Å². The first-order valence-electron chi connectivity index (χ1n) is 6.50. The Bertz CT molecular complexity index is 553. The zero-order chi connectivity index (χ0) is 16.8. The van der Waals surface area contributed by atoms with Gasteiger partial charge in [0.15, 0.2) is 6.04 Å². The van der Waals surface area contributed by atoms with Crippen molar-refractivity contribution in [1.82, 2.24) is 5.32 Å². The van der Waals surface area contributed by atoms with E-state index in [4.69, 9.17) is 14.6 Å². The number of amides is 1. The van der Waals surface area contributed by atoms with Crippen LogP contribution in [0.2, 0.25) is 0 Å². The maximum absolute atomic E-state index is 11.6. The Morgan fingerprint density at radius 2 is 1.95 bits per heavy atom. The highest BCUT2D eigenvalue weighted by Crippen LogP contribution is 2.26. The van der Waals surface area contributed by atoms with Crippen molar-refractivity contribution >= 4 is 17.7 Å². The lowest BCUT2D eigenvalue weighted by Gasteiger charge is -2.22. The second-order valence-electron chi connectivity index (χ2n) is 5.41. The molecular formula is C14H18N2O6. The molecule has 0 radical (unpaired) electrons. The minimum absolute atomic E-state index is 0.0453. The number of benzene rings is 1. The van der Waals surface area contributed by atoms with Crippen LogP contribution in [0.15, 0.2) is 29.4 Å². The normalized spacial score (nSPS) is 12.1. The third-order valence-corrected chi connectivity index (χ3v) is 2.36. The molecule has 0 aliphatic rings. The van der Waals surface area contributed by atoms with E-state index in [1.807, 2.05) is 0 Å². The monoisotopic (exact) mass is 310 g/mol. The smallest absolute Gasteiger partial charge is 0.408 e. The molecule has 0 spiro atoms. The summed E-state index contributed by atoms with van der Waals surface area (Å²) in [6.07, 6.45) is -0.870. The number of carbonyl (C=O) groups is 2. The molecule has 0 heterocycles. The van der Waals surface area contributed by atoms with Gasteiger partial charge < -0.3 is 19.9 Å². The number of hydrogen-bond acceptors (Lipinski definition) is 6. The number of nitroso groups, excluding NO2 is 1. The summed E-state index contributed by atoms with van der Waals surface area (Å²) in [6, 6.07) is 4.79. The highest BCUT2D eigenvalue weighted by atomic mass is 16.6. The van der Waals surface area contributed by atoms with Crippen LogP contribution in [0.5, 0.6) is 5.75 Å². The molecule has 1 amide bonds. The quantitative estimate of drug-likeness (QED) is 0.780. The first-order chi connectivity index (χ1) is 10.2. The number of nitrogens with zero attached hydrogens (tertiary/aromatic N) is 1. The van der Waals surface area contributed by atoms with Gasteiger partial charge in [0.25, 0.3) is 0 Å². The van der Waals surface area contributed by atoms with Crippen LogP contribution in [0.25, 0.3) is 0 Å². The molecule has 0 fully saturated rings. The summed E-state index contributed by atoms with van der Waals surface area (Å²) < 4.78 is 10.2. The molecule has 1 atom stereocenters. The van der Waals surface area contributed by atoms with Gasteiger partial charge in [-0.1, -0.05) is 12.1 Å². The summed E-state index contributed by atoms with van der Waals surface area (Å²) in [5.41, 5.74) is -0.703. The molecule has 8 nitrogen and oxygen atoms in total. The van der Waals surface area contributed by atoms with Gasteiger partial charge in [0.05, 0.1) is 0 Å². The van der Waals surface area contributed by atoms with E-state index in [2.05, 4.69) is 10.5 Å². The van der Waals surface area contributed by atoms with Crippen molar-refractivity contribution in [2.24, 2.45) is 5.18 Å². The Morgan fingerprint density at radius 3 is 2.50 bits per heavy atom. The van der Waals surface area contributed by atoms with Crippen LogP contribution in [-0.2, 0) is 9.53 Å². The van der Waals surface area contributed by atoms with Crippen molar-refractivity contribution < 1.29 is 24.2 Å². The third kappa shape index (κ3) is 5.78. The van der Waals surface area contributed by atoms with Gasteiger partial charge in [0.1, 0.15) is 23.6 Å². The number of alkyl carbamates (subject to hydrolysis) is 1. The van der Waals surface area contributed by atoms with Crippen LogP contribution >= 0.6 is 0 Å². The molecule has 1 rings (SSSR count). The summed E-state index contributed by atoms with van der Waals surface area (Å²) >= 11 is 0. The van der Waals surface area contributed by atoms with Gasteiger partial charge >= 0.3 is 12.1 Å². The van der Waals surface area contributed by atoms with E-state index >= 15 is 0 Å². The number of carboxylic acid groups (broad SMARTS) is 1. The van der Waals surface area contributed by atoms with Crippen molar-refractivity contribution in [3.8, 4) is 5.75 Å². The number of rotatable bonds is 6. The highest BCUT2D eigenvalue weighted by Gasteiger charge is 2.24. The third-order valence-electron chi connectivity index (χ3n) is 2.36. The summed E-state index contributed by atoms with van der Waals surface area (Å²) in [6.45, 7) is 4.60. The molecule has 0 aliphatic heterocycles. The zero-order valence-electron chi connectivity index (χ0n) is 12.5. The second-order valence-corrected chi connectivity index (χ2v) is 5.41. The van der Waals surface area contributed by atoms with E-state index in [0.717, 1.165) is 0 Å². The predicted molar refractivity (Wildman–Crippen MR) is 78.2 cm³/mol. The predicted octanol–water partition coefficient (Wildman–Crippen LogP) is 2.44. The molecule has 1 aromatic rings. The number of carboxylic acids is 1. The molecule has 0 saturated heterocycles. The molecule has 0 aliphatic carbocycles. The van der Waals surface area contributed by atoms with Crippen LogP contribution < -0.4 is 10.1 Å². The van der Waals surface area contributed by atoms with E-state index in [-0.39, 0.29) is 18.0 Å². The van der Waals surface area contributed by atoms with Gasteiger partial charge in [0, 0.05) is 0 Å². The minimum Gasteiger partial charge on any atom is -0.488 e. The Morgan fingerprint density at radius 1 is 1.32 bits per heavy atom. The Kier molecular flexibility index (Phi) is 5.85. The number of nitrogens with one attached hydrogen (secondary N) is 1. The number of para-hydroxylation sites is 1. The molecule has 1 aromatic carbocycles. The summed E-state index contributed by atoms with van der Waals surface area (Å²) in [5, 5.41) is 14.0. The molecule has 120 valence electrons. The fourth-order valence-electron chi connectivity index (χ4n) is 1.45. The summed E-state index contributed by atoms with van der Waals surface area (Å²) in [7, 11) is 0. The first-order valence-corrected chi connectivity index (χ1v) is 6.50. The lowest BCUT2D eigenvalue weighted by atomic mass is 10.2. The maximum Gasteiger partial charge on any atom is 0.408 e. The van der Waals surface area contributed by atoms with Crippen molar-refractivity contribution in [2.45, 2.75) is 32.4 Å². The van der Waals surface area contributed by atoms with Gasteiger partial charge in [-0.2, -0.15) is 0 Å². The Labute approximate surface area is 127 Å². The second kappa shape index (κ2) is 7.39. The Hall–Kier alpha value is -2.64.